The van der Waals surface area contributed by atoms with Crippen molar-refractivity contribution in [1.82, 2.24) is 14.9 Å². The number of carbonyl (C=O) groups is 1. The van der Waals surface area contributed by atoms with E-state index in [1.54, 1.807) is 48.4 Å². The first-order valence-corrected chi connectivity index (χ1v) is 11.0. The zero-order chi connectivity index (χ0) is 23.2. The van der Waals surface area contributed by atoms with E-state index >= 15 is 0 Å². The van der Waals surface area contributed by atoms with E-state index in [1.165, 1.54) is 6.08 Å². The number of nitrogens with zero attached hydrogens (tertiary/aromatic N) is 2. The van der Waals surface area contributed by atoms with E-state index in [2.05, 4.69) is 9.97 Å². The highest BCUT2D eigenvalue weighted by atomic mass is 35.5. The number of carbonyl (C=O) groups excluding carboxylic acids is 1. The molecular weight excluding hydrogens is 446 g/mol. The number of halogens is 1. The summed E-state index contributed by atoms with van der Waals surface area (Å²) in [5.41, 5.74) is 1.04. The van der Waals surface area contributed by atoms with Gasteiger partial charge in [-0.05, 0) is 35.9 Å². The van der Waals surface area contributed by atoms with Crippen LogP contribution in [0.5, 0.6) is 11.5 Å². The Labute approximate surface area is 195 Å². The van der Waals surface area contributed by atoms with Crippen LogP contribution in [0.15, 0.2) is 47.3 Å². The van der Waals surface area contributed by atoms with Crippen LogP contribution in [-0.4, -0.2) is 54.3 Å². The van der Waals surface area contributed by atoms with Gasteiger partial charge in [0.1, 0.15) is 5.82 Å². The van der Waals surface area contributed by atoms with E-state index in [9.17, 15) is 9.59 Å². The zero-order valence-electron chi connectivity index (χ0n) is 18.2. The summed E-state index contributed by atoms with van der Waals surface area (Å²) in [6.45, 7) is 1.89. The molecule has 0 fully saturated rings. The maximum absolute atomic E-state index is 13.0. The Morgan fingerprint density at radius 3 is 2.94 bits per heavy atom. The predicted molar refractivity (Wildman–Crippen MR) is 126 cm³/mol. The van der Waals surface area contributed by atoms with Gasteiger partial charge in [0.2, 0.25) is 5.91 Å². The molecule has 0 atom stereocenters. The van der Waals surface area contributed by atoms with Crippen LogP contribution in [0.1, 0.15) is 17.8 Å². The van der Waals surface area contributed by atoms with Crippen LogP contribution in [-0.2, 0) is 16.1 Å². The lowest BCUT2D eigenvalue weighted by atomic mass is 10.2. The number of methoxy groups -OCH3 is 1. The molecule has 0 radical (unpaired) electrons. The van der Waals surface area contributed by atoms with Crippen molar-refractivity contribution in [3.63, 3.8) is 0 Å². The Kier molecular flexibility index (Phi) is 7.26. The molecule has 1 amide bonds. The van der Waals surface area contributed by atoms with Gasteiger partial charge in [-0.3, -0.25) is 9.59 Å². The van der Waals surface area contributed by atoms with Crippen molar-refractivity contribution in [2.45, 2.75) is 13.0 Å². The molecule has 1 N–H and O–H groups in total. The number of para-hydroxylation sites is 1. The van der Waals surface area contributed by atoms with Gasteiger partial charge in [-0.1, -0.05) is 23.7 Å². The van der Waals surface area contributed by atoms with Crippen molar-refractivity contribution in [3.05, 3.63) is 69.2 Å². The zero-order valence-corrected chi connectivity index (χ0v) is 18.9. The Morgan fingerprint density at radius 2 is 2.09 bits per heavy atom. The Morgan fingerprint density at radius 1 is 1.27 bits per heavy atom. The molecule has 1 aromatic heterocycles. The number of fused-ring (bicyclic) bond motifs is 2. The molecule has 3 aromatic rings. The molecule has 33 heavy (non-hydrogen) atoms. The van der Waals surface area contributed by atoms with Crippen molar-refractivity contribution in [2.24, 2.45) is 0 Å². The molecule has 1 aliphatic heterocycles. The van der Waals surface area contributed by atoms with Gasteiger partial charge >= 0.3 is 0 Å². The lowest BCUT2D eigenvalue weighted by Crippen LogP contribution is -2.33. The second-order valence-corrected chi connectivity index (χ2v) is 7.90. The second kappa shape index (κ2) is 10.5. The molecule has 1 aliphatic rings. The quantitative estimate of drug-likeness (QED) is 0.533. The van der Waals surface area contributed by atoms with Crippen molar-refractivity contribution in [1.29, 1.82) is 0 Å². The van der Waals surface area contributed by atoms with E-state index in [0.717, 1.165) is 6.42 Å². The van der Waals surface area contributed by atoms with Crippen LogP contribution < -0.4 is 15.0 Å². The predicted octanol–water partition coefficient (Wildman–Crippen LogP) is 3.43. The van der Waals surface area contributed by atoms with Crippen LogP contribution >= 0.6 is 11.6 Å². The van der Waals surface area contributed by atoms with Crippen LogP contribution in [0.4, 0.5) is 0 Å². The van der Waals surface area contributed by atoms with Crippen LogP contribution in [0, 0.1) is 0 Å². The minimum absolute atomic E-state index is 0.133. The Balaban J connectivity index is 1.55. The smallest absolute Gasteiger partial charge is 0.258 e. The number of rotatable bonds is 7. The molecule has 9 heteroatoms. The number of hydrogen-bond donors (Lipinski definition) is 1. The average molecular weight is 470 g/mol. The largest absolute Gasteiger partial charge is 0.489 e. The number of aromatic amines is 1. The molecule has 0 unspecified atom stereocenters. The highest BCUT2D eigenvalue weighted by Crippen LogP contribution is 2.38. The third kappa shape index (κ3) is 5.53. The molecule has 8 nitrogen and oxygen atoms in total. The van der Waals surface area contributed by atoms with E-state index in [4.69, 9.17) is 25.8 Å². The van der Waals surface area contributed by atoms with E-state index in [0.29, 0.717) is 65.2 Å². The molecular formula is C24H24ClN3O5. The Bertz CT molecular complexity index is 1240. The number of nitrogens with one attached hydrogen (secondary N) is 1. The first-order valence-electron chi connectivity index (χ1n) is 10.6. The first-order chi connectivity index (χ1) is 16.0. The fourth-order valence-electron chi connectivity index (χ4n) is 3.48. The SMILES string of the molecule is COCCN(Cc1nc2ccccc2c(=O)[nH]1)C(=O)/C=C/c1cc(Cl)c2c(c1)OCCCO2. The van der Waals surface area contributed by atoms with E-state index in [-0.39, 0.29) is 18.0 Å². The van der Waals surface area contributed by atoms with Gasteiger partial charge in [-0.15, -0.1) is 0 Å². The molecule has 0 aliphatic carbocycles. The van der Waals surface area contributed by atoms with E-state index < -0.39 is 0 Å². The lowest BCUT2D eigenvalue weighted by Gasteiger charge is -2.20. The van der Waals surface area contributed by atoms with Gasteiger partial charge in [0, 0.05) is 26.2 Å². The number of ether oxygens (including phenoxy) is 3. The second-order valence-electron chi connectivity index (χ2n) is 7.50. The summed E-state index contributed by atoms with van der Waals surface area (Å²) in [4.78, 5) is 34.2. The molecule has 0 bridgehead atoms. The summed E-state index contributed by atoms with van der Waals surface area (Å²) in [6.07, 6.45) is 3.89. The molecule has 2 aromatic carbocycles. The van der Waals surface area contributed by atoms with E-state index in [1.807, 2.05) is 6.07 Å². The van der Waals surface area contributed by atoms with Gasteiger partial charge in [0.05, 0.1) is 42.3 Å². The topological polar surface area (TPSA) is 93.8 Å². The Hall–Kier alpha value is -3.36. The number of amides is 1. The van der Waals surface area contributed by atoms with Crippen LogP contribution in [0.3, 0.4) is 0 Å². The summed E-state index contributed by atoms with van der Waals surface area (Å²) in [5, 5.41) is 0.929. The number of aromatic nitrogens is 2. The molecule has 4 rings (SSSR count). The molecule has 0 spiro atoms. The van der Waals surface area contributed by atoms with Gasteiger partial charge in [0.25, 0.3) is 5.56 Å². The average Bonchev–Trinajstić information content (AvgIpc) is 3.06. The highest BCUT2D eigenvalue weighted by Gasteiger charge is 2.16. The maximum atomic E-state index is 13.0. The number of benzene rings is 2. The van der Waals surface area contributed by atoms with Gasteiger partial charge in [0.15, 0.2) is 11.5 Å². The van der Waals surface area contributed by atoms with Crippen molar-refractivity contribution >= 4 is 34.5 Å². The number of hydrogen-bond acceptors (Lipinski definition) is 6. The summed E-state index contributed by atoms with van der Waals surface area (Å²) in [6, 6.07) is 10.6. The fourth-order valence-corrected chi connectivity index (χ4v) is 3.75. The van der Waals surface area contributed by atoms with Crippen LogP contribution in [0.2, 0.25) is 5.02 Å². The summed E-state index contributed by atoms with van der Waals surface area (Å²) in [5.74, 6) is 1.22. The fraction of sp³-hybridized carbons (Fsp3) is 0.292. The molecule has 0 saturated carbocycles. The monoisotopic (exact) mass is 469 g/mol. The summed E-state index contributed by atoms with van der Waals surface area (Å²) < 4.78 is 16.5. The minimum Gasteiger partial charge on any atom is -0.489 e. The highest BCUT2D eigenvalue weighted by molar-refractivity contribution is 6.32. The van der Waals surface area contributed by atoms with Crippen molar-refractivity contribution < 1.29 is 19.0 Å². The molecule has 2 heterocycles. The molecule has 172 valence electrons. The first kappa shape index (κ1) is 22.8. The van der Waals surface area contributed by atoms with Crippen molar-refractivity contribution in [3.8, 4) is 11.5 Å². The van der Waals surface area contributed by atoms with Gasteiger partial charge < -0.3 is 24.1 Å². The van der Waals surface area contributed by atoms with Gasteiger partial charge in [-0.25, -0.2) is 4.98 Å². The molecule has 0 saturated heterocycles. The number of H-pyrrole nitrogens is 1. The third-order valence-corrected chi connectivity index (χ3v) is 5.40. The lowest BCUT2D eigenvalue weighted by molar-refractivity contribution is -0.127. The van der Waals surface area contributed by atoms with Gasteiger partial charge in [-0.2, -0.15) is 0 Å². The van der Waals surface area contributed by atoms with Crippen molar-refractivity contribution in [2.75, 3.05) is 33.5 Å². The summed E-state index contributed by atoms with van der Waals surface area (Å²) >= 11 is 6.34. The third-order valence-electron chi connectivity index (χ3n) is 5.12. The standard InChI is InChI=1S/C24H24ClN3O5/c1-31-12-9-28(15-21-26-19-6-3-2-5-17(19)24(30)27-21)22(29)8-7-16-13-18(25)23-20(14-16)32-10-4-11-33-23/h2-3,5-8,13-14H,4,9-12,15H2,1H3,(H,26,27,30)/b8-7+. The van der Waals surface area contributed by atoms with Crippen LogP contribution in [0.25, 0.3) is 17.0 Å². The minimum atomic E-state index is -0.258. The maximum Gasteiger partial charge on any atom is 0.258 e. The summed E-state index contributed by atoms with van der Waals surface area (Å²) in [7, 11) is 1.56. The normalized spacial score (nSPS) is 13.3.